The number of rotatable bonds is 4. The minimum atomic E-state index is -0.968. The molecular weight excluding hydrogens is 380 g/mol. The van der Waals surface area contributed by atoms with Crippen molar-refractivity contribution in [2.24, 2.45) is 0 Å². The number of nitro groups is 1. The van der Waals surface area contributed by atoms with Gasteiger partial charge in [0.1, 0.15) is 6.54 Å². The van der Waals surface area contributed by atoms with Gasteiger partial charge in [-0.1, -0.05) is 30.3 Å². The minimum absolute atomic E-state index is 0.0296. The SMILES string of the molecule is O=C(CN1C(=O)C(c2ccccc2)Oc2ccc([N+](=O)[O-])nc21)N1CCOCC1. The van der Waals surface area contributed by atoms with Gasteiger partial charge in [-0.05, 0) is 16.0 Å². The molecule has 1 aromatic carbocycles. The largest absolute Gasteiger partial charge is 0.469 e. The molecule has 2 aliphatic heterocycles. The number of morpholine rings is 1. The summed E-state index contributed by atoms with van der Waals surface area (Å²) in [6, 6.07) is 11.5. The van der Waals surface area contributed by atoms with Crippen molar-refractivity contribution in [3.8, 4) is 5.75 Å². The zero-order valence-corrected chi connectivity index (χ0v) is 15.4. The van der Waals surface area contributed by atoms with Crippen LogP contribution < -0.4 is 9.64 Å². The molecule has 0 radical (unpaired) electrons. The van der Waals surface area contributed by atoms with Crippen LogP contribution in [-0.4, -0.2) is 59.5 Å². The Labute approximate surface area is 165 Å². The molecule has 2 amide bonds. The van der Waals surface area contributed by atoms with Gasteiger partial charge in [-0.25, -0.2) is 0 Å². The predicted octanol–water partition coefficient (Wildman–Crippen LogP) is 1.32. The number of amides is 2. The van der Waals surface area contributed by atoms with E-state index in [1.54, 1.807) is 29.2 Å². The van der Waals surface area contributed by atoms with Crippen LogP contribution in [-0.2, 0) is 14.3 Å². The lowest BCUT2D eigenvalue weighted by atomic mass is 10.1. The highest BCUT2D eigenvalue weighted by molar-refractivity contribution is 6.03. The zero-order chi connectivity index (χ0) is 20.4. The summed E-state index contributed by atoms with van der Waals surface area (Å²) in [7, 11) is 0. The number of pyridine rings is 1. The first-order valence-corrected chi connectivity index (χ1v) is 9.08. The van der Waals surface area contributed by atoms with E-state index < -0.39 is 22.8 Å². The van der Waals surface area contributed by atoms with Crippen LogP contribution in [0.15, 0.2) is 42.5 Å². The summed E-state index contributed by atoms with van der Waals surface area (Å²) in [5, 5.41) is 11.1. The molecule has 1 saturated heterocycles. The quantitative estimate of drug-likeness (QED) is 0.563. The van der Waals surface area contributed by atoms with E-state index >= 15 is 0 Å². The average Bonchev–Trinajstić information content (AvgIpc) is 2.76. The molecule has 2 aliphatic rings. The second-order valence-electron chi connectivity index (χ2n) is 6.57. The lowest BCUT2D eigenvalue weighted by molar-refractivity contribution is -0.389. The van der Waals surface area contributed by atoms with E-state index in [1.165, 1.54) is 17.0 Å². The number of nitrogens with zero attached hydrogens (tertiary/aromatic N) is 4. The molecule has 1 atom stereocenters. The van der Waals surface area contributed by atoms with Crippen molar-refractivity contribution >= 4 is 23.5 Å². The number of carbonyl (C=O) groups is 2. The van der Waals surface area contributed by atoms with Crippen molar-refractivity contribution in [1.82, 2.24) is 9.88 Å². The van der Waals surface area contributed by atoms with Crippen LogP contribution in [0.25, 0.3) is 0 Å². The molecule has 0 spiro atoms. The van der Waals surface area contributed by atoms with Gasteiger partial charge < -0.3 is 24.5 Å². The summed E-state index contributed by atoms with van der Waals surface area (Å²) >= 11 is 0. The van der Waals surface area contributed by atoms with E-state index in [-0.39, 0.29) is 24.0 Å². The lowest BCUT2D eigenvalue weighted by Crippen LogP contribution is -2.50. The third kappa shape index (κ3) is 3.74. The number of aromatic nitrogens is 1. The fourth-order valence-corrected chi connectivity index (χ4v) is 3.28. The molecule has 10 heteroatoms. The second-order valence-corrected chi connectivity index (χ2v) is 6.57. The van der Waals surface area contributed by atoms with Crippen LogP contribution in [0.5, 0.6) is 5.75 Å². The Hall–Kier alpha value is -3.53. The third-order valence-electron chi connectivity index (χ3n) is 4.76. The van der Waals surface area contributed by atoms with Crippen molar-refractivity contribution < 1.29 is 24.0 Å². The Morgan fingerprint density at radius 3 is 2.59 bits per heavy atom. The van der Waals surface area contributed by atoms with Gasteiger partial charge >= 0.3 is 5.82 Å². The third-order valence-corrected chi connectivity index (χ3v) is 4.76. The molecule has 1 aromatic heterocycles. The summed E-state index contributed by atoms with van der Waals surface area (Å²) in [4.78, 5) is 43.1. The van der Waals surface area contributed by atoms with Gasteiger partial charge in [0.15, 0.2) is 5.75 Å². The van der Waals surface area contributed by atoms with Gasteiger partial charge in [0.25, 0.3) is 11.7 Å². The Morgan fingerprint density at radius 2 is 1.90 bits per heavy atom. The number of ether oxygens (including phenoxy) is 2. The molecule has 1 fully saturated rings. The molecule has 1 unspecified atom stereocenters. The summed E-state index contributed by atoms with van der Waals surface area (Å²) in [5.41, 5.74) is 0.616. The summed E-state index contributed by atoms with van der Waals surface area (Å²) in [6.07, 6.45) is -0.968. The van der Waals surface area contributed by atoms with Crippen LogP contribution in [0.3, 0.4) is 0 Å². The van der Waals surface area contributed by atoms with Gasteiger partial charge in [-0.15, -0.1) is 0 Å². The molecule has 29 heavy (non-hydrogen) atoms. The van der Waals surface area contributed by atoms with Gasteiger partial charge in [0.2, 0.25) is 12.0 Å². The van der Waals surface area contributed by atoms with Crippen molar-refractivity contribution in [3.05, 3.63) is 58.1 Å². The van der Waals surface area contributed by atoms with Gasteiger partial charge in [-0.2, -0.15) is 0 Å². The number of benzene rings is 1. The van der Waals surface area contributed by atoms with E-state index in [0.29, 0.717) is 31.9 Å². The normalized spacial score (nSPS) is 18.8. The van der Waals surface area contributed by atoms with Gasteiger partial charge in [0.05, 0.1) is 13.2 Å². The fourth-order valence-electron chi connectivity index (χ4n) is 3.28. The van der Waals surface area contributed by atoms with E-state index in [4.69, 9.17) is 9.47 Å². The zero-order valence-electron chi connectivity index (χ0n) is 15.4. The van der Waals surface area contributed by atoms with E-state index in [0.717, 1.165) is 0 Å². The van der Waals surface area contributed by atoms with Gasteiger partial charge in [0, 0.05) is 24.7 Å². The van der Waals surface area contributed by atoms with Crippen LogP contribution in [0.2, 0.25) is 0 Å². The number of fused-ring (bicyclic) bond motifs is 1. The monoisotopic (exact) mass is 398 g/mol. The highest BCUT2D eigenvalue weighted by Gasteiger charge is 2.41. The maximum Gasteiger partial charge on any atom is 0.366 e. The molecule has 0 aliphatic carbocycles. The molecule has 0 saturated carbocycles. The molecule has 3 heterocycles. The predicted molar refractivity (Wildman–Crippen MR) is 100 cm³/mol. The number of hydrogen-bond donors (Lipinski definition) is 0. The first-order valence-electron chi connectivity index (χ1n) is 9.08. The van der Waals surface area contributed by atoms with E-state index in [9.17, 15) is 19.7 Å². The van der Waals surface area contributed by atoms with Crippen molar-refractivity contribution in [2.75, 3.05) is 37.7 Å². The Kier molecular flexibility index (Phi) is 5.09. The molecule has 4 rings (SSSR count). The highest BCUT2D eigenvalue weighted by atomic mass is 16.6. The molecule has 0 bridgehead atoms. The molecule has 150 valence electrons. The van der Waals surface area contributed by atoms with Gasteiger partial charge in [-0.3, -0.25) is 14.5 Å². The summed E-state index contributed by atoms with van der Waals surface area (Å²) in [5.74, 6) is -1.04. The number of hydrogen-bond acceptors (Lipinski definition) is 7. The fraction of sp³-hybridized carbons (Fsp3) is 0.316. The Morgan fingerprint density at radius 1 is 1.17 bits per heavy atom. The Balaban J connectivity index is 1.69. The van der Waals surface area contributed by atoms with Crippen LogP contribution in [0.1, 0.15) is 11.7 Å². The first-order chi connectivity index (χ1) is 14.0. The van der Waals surface area contributed by atoms with Crippen LogP contribution in [0.4, 0.5) is 11.6 Å². The number of carbonyl (C=O) groups excluding carboxylic acids is 2. The van der Waals surface area contributed by atoms with E-state index in [1.807, 2.05) is 6.07 Å². The lowest BCUT2D eigenvalue weighted by Gasteiger charge is -2.33. The average molecular weight is 398 g/mol. The maximum absolute atomic E-state index is 13.2. The van der Waals surface area contributed by atoms with E-state index in [2.05, 4.69) is 4.98 Å². The number of anilines is 1. The highest BCUT2D eigenvalue weighted by Crippen LogP contribution is 2.38. The molecule has 0 N–H and O–H groups in total. The van der Waals surface area contributed by atoms with Crippen LogP contribution >= 0.6 is 0 Å². The standard InChI is InChI=1S/C19H18N4O6/c24-16(21-8-10-28-11-9-21)12-22-18-14(6-7-15(20-18)23(26)27)29-17(19(22)25)13-4-2-1-3-5-13/h1-7,17H,8-12H2. The summed E-state index contributed by atoms with van der Waals surface area (Å²) in [6.45, 7) is 1.42. The maximum atomic E-state index is 13.2. The van der Waals surface area contributed by atoms with Crippen LogP contribution in [0, 0.1) is 10.1 Å². The van der Waals surface area contributed by atoms with Crippen molar-refractivity contribution in [2.45, 2.75) is 6.10 Å². The summed E-state index contributed by atoms with van der Waals surface area (Å²) < 4.78 is 11.1. The van der Waals surface area contributed by atoms with Crippen molar-refractivity contribution in [3.63, 3.8) is 0 Å². The molecule has 10 nitrogen and oxygen atoms in total. The van der Waals surface area contributed by atoms with Crippen molar-refractivity contribution in [1.29, 1.82) is 0 Å². The first kappa shape index (κ1) is 18.8. The Bertz CT molecular complexity index is 945. The second kappa shape index (κ2) is 7.84. The minimum Gasteiger partial charge on any atom is -0.469 e. The molecular formula is C19H18N4O6. The smallest absolute Gasteiger partial charge is 0.366 e. The molecule has 2 aromatic rings. The topological polar surface area (TPSA) is 115 Å².